The van der Waals surface area contributed by atoms with Crippen LogP contribution in [0.3, 0.4) is 0 Å². The van der Waals surface area contributed by atoms with Crippen molar-refractivity contribution in [2.45, 2.75) is 13.0 Å². The number of nitrogen functional groups attached to an aromatic ring is 1. The van der Waals surface area contributed by atoms with Crippen LogP contribution in [0.15, 0.2) is 42.5 Å². The fourth-order valence-electron chi connectivity index (χ4n) is 1.75. The summed E-state index contributed by atoms with van der Waals surface area (Å²) >= 11 is 1.26. The Kier molecular flexibility index (Phi) is 6.83. The van der Waals surface area contributed by atoms with E-state index in [0.717, 1.165) is 10.4 Å². The zero-order valence-electron chi connectivity index (χ0n) is 12.9. The number of hydrogen-bond acceptors (Lipinski definition) is 5. The fraction of sp³-hybridized carbons (Fsp3) is 0.176. The average Bonchev–Trinajstić information content (AvgIpc) is 3.09. The Labute approximate surface area is 144 Å². The van der Waals surface area contributed by atoms with E-state index in [1.807, 2.05) is 30.3 Å². The van der Waals surface area contributed by atoms with Crippen LogP contribution in [-0.4, -0.2) is 18.5 Å². The zero-order chi connectivity index (χ0) is 17.2. The Morgan fingerprint density at radius 2 is 1.96 bits per heavy atom. The minimum absolute atomic E-state index is 0.236. The van der Waals surface area contributed by atoms with Gasteiger partial charge in [-0.3, -0.25) is 10.2 Å². The lowest BCUT2D eigenvalue weighted by Crippen LogP contribution is -2.29. The predicted molar refractivity (Wildman–Crippen MR) is 92.1 cm³/mol. The topological polar surface area (TPSA) is 93.5 Å². The number of hydrogen-bond donors (Lipinski definition) is 3. The highest BCUT2D eigenvalue weighted by Gasteiger charge is 2.05. The third kappa shape index (κ3) is 5.76. The SMILES string of the molecule is NNC(=O)c1ccc(C#CCCNC(=O)OCc2ccccc2)s1. The van der Waals surface area contributed by atoms with Gasteiger partial charge in [-0.15, -0.1) is 11.3 Å². The molecule has 0 radical (unpaired) electrons. The van der Waals surface area contributed by atoms with Crippen LogP contribution >= 0.6 is 11.3 Å². The van der Waals surface area contributed by atoms with Crippen LogP contribution in [-0.2, 0) is 11.3 Å². The molecular weight excluding hydrogens is 326 g/mol. The van der Waals surface area contributed by atoms with Gasteiger partial charge in [0.15, 0.2) is 0 Å². The first kappa shape index (κ1) is 17.5. The van der Waals surface area contributed by atoms with Gasteiger partial charge in [-0.05, 0) is 17.7 Å². The smallest absolute Gasteiger partial charge is 0.407 e. The Bertz CT molecular complexity index is 747. The second kappa shape index (κ2) is 9.35. The van der Waals surface area contributed by atoms with Gasteiger partial charge in [0.1, 0.15) is 6.61 Å². The summed E-state index contributed by atoms with van der Waals surface area (Å²) in [7, 11) is 0. The molecule has 0 aliphatic rings. The molecule has 4 N–H and O–H groups in total. The van der Waals surface area contributed by atoms with Crippen LogP contribution in [0.1, 0.15) is 26.5 Å². The molecule has 0 bridgehead atoms. The van der Waals surface area contributed by atoms with E-state index in [1.54, 1.807) is 12.1 Å². The molecule has 0 saturated carbocycles. The third-order valence-corrected chi connectivity index (χ3v) is 3.90. The molecule has 1 aromatic carbocycles. The molecule has 2 aromatic rings. The molecule has 1 heterocycles. The number of ether oxygens (including phenoxy) is 1. The highest BCUT2D eigenvalue weighted by Crippen LogP contribution is 2.14. The highest BCUT2D eigenvalue weighted by atomic mass is 32.1. The highest BCUT2D eigenvalue weighted by molar-refractivity contribution is 7.14. The standard InChI is InChI=1S/C17H17N3O3S/c18-20-16(21)15-10-9-14(24-15)8-4-5-11-19-17(22)23-12-13-6-2-1-3-7-13/h1-3,6-7,9-10H,5,11-12,18H2,(H,19,22)(H,20,21). The summed E-state index contributed by atoms with van der Waals surface area (Å²) in [4.78, 5) is 24.1. The molecule has 0 unspecified atom stereocenters. The van der Waals surface area contributed by atoms with E-state index in [1.165, 1.54) is 11.3 Å². The van der Waals surface area contributed by atoms with Crippen molar-refractivity contribution in [3.05, 3.63) is 57.8 Å². The van der Waals surface area contributed by atoms with Gasteiger partial charge in [-0.25, -0.2) is 10.6 Å². The molecule has 7 heteroatoms. The van der Waals surface area contributed by atoms with Crippen LogP contribution in [0.4, 0.5) is 4.79 Å². The Morgan fingerprint density at radius 3 is 2.71 bits per heavy atom. The molecule has 24 heavy (non-hydrogen) atoms. The van der Waals surface area contributed by atoms with E-state index in [2.05, 4.69) is 22.6 Å². The van der Waals surface area contributed by atoms with E-state index < -0.39 is 6.09 Å². The van der Waals surface area contributed by atoms with Gasteiger partial charge in [0, 0.05) is 13.0 Å². The van der Waals surface area contributed by atoms with Crippen LogP contribution in [0, 0.1) is 11.8 Å². The van der Waals surface area contributed by atoms with Crippen molar-refractivity contribution < 1.29 is 14.3 Å². The number of nitrogens with one attached hydrogen (secondary N) is 2. The molecule has 0 aliphatic heterocycles. The molecule has 2 amide bonds. The van der Waals surface area contributed by atoms with E-state index >= 15 is 0 Å². The molecule has 0 aliphatic carbocycles. The van der Waals surface area contributed by atoms with E-state index in [4.69, 9.17) is 10.6 Å². The van der Waals surface area contributed by atoms with Gasteiger partial charge >= 0.3 is 6.09 Å². The summed E-state index contributed by atoms with van der Waals surface area (Å²) in [6, 6.07) is 12.9. The minimum Gasteiger partial charge on any atom is -0.445 e. The van der Waals surface area contributed by atoms with Crippen molar-refractivity contribution in [1.82, 2.24) is 10.7 Å². The number of carbonyl (C=O) groups is 2. The summed E-state index contributed by atoms with van der Waals surface area (Å²) in [5.41, 5.74) is 3.00. The quantitative estimate of drug-likeness (QED) is 0.255. The lowest BCUT2D eigenvalue weighted by molar-refractivity contribution is 0.0957. The van der Waals surface area contributed by atoms with Gasteiger partial charge in [0.05, 0.1) is 9.75 Å². The summed E-state index contributed by atoms with van der Waals surface area (Å²) in [5, 5.41) is 2.63. The largest absolute Gasteiger partial charge is 0.445 e. The number of hydrazine groups is 1. The Balaban J connectivity index is 1.67. The lowest BCUT2D eigenvalue weighted by atomic mass is 10.2. The van der Waals surface area contributed by atoms with Gasteiger partial charge in [-0.2, -0.15) is 0 Å². The number of benzene rings is 1. The van der Waals surface area contributed by atoms with Crippen molar-refractivity contribution in [2.75, 3.05) is 6.54 Å². The molecule has 0 fully saturated rings. The van der Waals surface area contributed by atoms with E-state index in [-0.39, 0.29) is 12.5 Å². The van der Waals surface area contributed by atoms with Crippen LogP contribution in [0.5, 0.6) is 0 Å². The summed E-state index contributed by atoms with van der Waals surface area (Å²) < 4.78 is 5.08. The number of rotatable bonds is 5. The molecule has 124 valence electrons. The van der Waals surface area contributed by atoms with Gasteiger partial charge in [-0.1, -0.05) is 42.2 Å². The number of alkyl carbamates (subject to hydrolysis) is 1. The van der Waals surface area contributed by atoms with Crippen molar-refractivity contribution in [3.63, 3.8) is 0 Å². The van der Waals surface area contributed by atoms with Crippen LogP contribution in [0.2, 0.25) is 0 Å². The normalized spacial score (nSPS) is 9.54. The van der Waals surface area contributed by atoms with Crippen molar-refractivity contribution in [3.8, 4) is 11.8 Å². The molecular formula is C17H17N3O3S. The number of carbonyl (C=O) groups excluding carboxylic acids is 2. The van der Waals surface area contributed by atoms with Crippen molar-refractivity contribution >= 4 is 23.3 Å². The van der Waals surface area contributed by atoms with E-state index in [9.17, 15) is 9.59 Å². The monoisotopic (exact) mass is 343 g/mol. The summed E-state index contributed by atoms with van der Waals surface area (Å²) in [6.45, 7) is 0.627. The zero-order valence-corrected chi connectivity index (χ0v) is 13.7. The lowest BCUT2D eigenvalue weighted by Gasteiger charge is -2.05. The van der Waals surface area contributed by atoms with Gasteiger partial charge in [0.2, 0.25) is 0 Å². The molecule has 1 aromatic heterocycles. The first-order chi connectivity index (χ1) is 11.7. The average molecular weight is 343 g/mol. The fourth-order valence-corrected chi connectivity index (χ4v) is 2.53. The van der Waals surface area contributed by atoms with Crippen LogP contribution < -0.4 is 16.6 Å². The third-order valence-electron chi connectivity index (χ3n) is 2.90. The van der Waals surface area contributed by atoms with Crippen molar-refractivity contribution in [2.24, 2.45) is 5.84 Å². The van der Waals surface area contributed by atoms with Gasteiger partial charge < -0.3 is 10.1 Å². The minimum atomic E-state index is -0.473. The Morgan fingerprint density at radius 1 is 1.17 bits per heavy atom. The maximum Gasteiger partial charge on any atom is 0.407 e. The molecule has 0 spiro atoms. The van der Waals surface area contributed by atoms with Gasteiger partial charge in [0.25, 0.3) is 5.91 Å². The maximum atomic E-state index is 11.5. The first-order valence-corrected chi connectivity index (χ1v) is 8.05. The number of amides is 2. The number of thiophene rings is 1. The second-order valence-electron chi connectivity index (χ2n) is 4.68. The molecule has 6 nitrogen and oxygen atoms in total. The second-order valence-corrected chi connectivity index (χ2v) is 5.76. The predicted octanol–water partition coefficient (Wildman–Crippen LogP) is 2.02. The molecule has 0 atom stereocenters. The summed E-state index contributed by atoms with van der Waals surface area (Å²) in [6.07, 6.45) is 0.00945. The summed E-state index contributed by atoms with van der Waals surface area (Å²) in [5.74, 6) is 10.6. The first-order valence-electron chi connectivity index (χ1n) is 7.23. The van der Waals surface area contributed by atoms with E-state index in [0.29, 0.717) is 17.8 Å². The molecule has 2 rings (SSSR count). The van der Waals surface area contributed by atoms with Crippen LogP contribution in [0.25, 0.3) is 0 Å². The van der Waals surface area contributed by atoms with Crippen molar-refractivity contribution in [1.29, 1.82) is 0 Å². The number of nitrogens with two attached hydrogens (primary N) is 1. The Hall–Kier alpha value is -2.82. The molecule has 0 saturated heterocycles. The maximum absolute atomic E-state index is 11.5.